The molecule has 0 bridgehead atoms. The van der Waals surface area contributed by atoms with Gasteiger partial charge in [0.15, 0.2) is 0 Å². The van der Waals surface area contributed by atoms with E-state index in [2.05, 4.69) is 10.3 Å². The lowest BCUT2D eigenvalue weighted by Crippen LogP contribution is -2.42. The van der Waals surface area contributed by atoms with Crippen LogP contribution in [0, 0.1) is 11.8 Å². The number of nitrogens with one attached hydrogen (secondary N) is 2. The van der Waals surface area contributed by atoms with Crippen molar-refractivity contribution in [1.82, 2.24) is 15.2 Å². The van der Waals surface area contributed by atoms with Gasteiger partial charge in [0.1, 0.15) is 11.5 Å². The monoisotopic (exact) mass is 379 g/mol. The maximum atomic E-state index is 12.8. The molecule has 2 aromatic heterocycles. The van der Waals surface area contributed by atoms with E-state index in [9.17, 15) is 9.59 Å². The van der Waals surface area contributed by atoms with Gasteiger partial charge in [-0.1, -0.05) is 25.1 Å². The van der Waals surface area contributed by atoms with Crippen LogP contribution in [-0.2, 0) is 11.3 Å². The zero-order valence-electron chi connectivity index (χ0n) is 16.0. The standard InChI is InChI=1S/C22H25N3O3/c1-15(21(26)23-14-18-6-4-12-28-18)16-8-10-25(11-9-16)22(27)20-13-17-5-2-3-7-19(17)24-20/h2-7,12-13,15-16,24H,8-11,14H2,1H3,(H,23,26). The van der Waals surface area contributed by atoms with Gasteiger partial charge in [-0.15, -0.1) is 0 Å². The van der Waals surface area contributed by atoms with Gasteiger partial charge < -0.3 is 19.6 Å². The summed E-state index contributed by atoms with van der Waals surface area (Å²) < 4.78 is 5.25. The summed E-state index contributed by atoms with van der Waals surface area (Å²) >= 11 is 0. The molecule has 0 spiro atoms. The third kappa shape index (κ3) is 3.81. The Morgan fingerprint density at radius 3 is 2.71 bits per heavy atom. The summed E-state index contributed by atoms with van der Waals surface area (Å²) in [6.45, 7) is 3.73. The van der Waals surface area contributed by atoms with E-state index in [4.69, 9.17) is 4.42 Å². The average Bonchev–Trinajstić information content (AvgIpc) is 3.40. The van der Waals surface area contributed by atoms with Crippen LogP contribution in [0.15, 0.2) is 53.1 Å². The van der Waals surface area contributed by atoms with E-state index in [1.54, 1.807) is 6.26 Å². The highest BCUT2D eigenvalue weighted by atomic mass is 16.3. The molecule has 4 rings (SSSR count). The zero-order valence-corrected chi connectivity index (χ0v) is 16.0. The van der Waals surface area contributed by atoms with Crippen molar-refractivity contribution in [3.05, 3.63) is 60.2 Å². The molecule has 0 aliphatic carbocycles. The molecular formula is C22H25N3O3. The second-order valence-electron chi connectivity index (χ2n) is 7.49. The highest BCUT2D eigenvalue weighted by molar-refractivity contribution is 5.98. The van der Waals surface area contributed by atoms with E-state index in [0.717, 1.165) is 29.5 Å². The number of aromatic nitrogens is 1. The third-order valence-electron chi connectivity index (χ3n) is 5.72. The van der Waals surface area contributed by atoms with E-state index in [1.807, 2.05) is 54.3 Å². The Kier molecular flexibility index (Phi) is 5.19. The number of H-pyrrole nitrogens is 1. The highest BCUT2D eigenvalue weighted by Crippen LogP contribution is 2.26. The molecule has 2 N–H and O–H groups in total. The first-order valence-electron chi connectivity index (χ1n) is 9.79. The Labute approximate surface area is 163 Å². The SMILES string of the molecule is CC(C(=O)NCc1ccco1)C1CCN(C(=O)c2cc3ccccc3[nH]2)CC1. The Bertz CT molecular complexity index is 919. The fourth-order valence-electron chi connectivity index (χ4n) is 3.92. The molecule has 0 saturated carbocycles. The van der Waals surface area contributed by atoms with Crippen molar-refractivity contribution in [2.45, 2.75) is 26.3 Å². The van der Waals surface area contributed by atoms with Crippen LogP contribution >= 0.6 is 0 Å². The maximum absolute atomic E-state index is 12.8. The smallest absolute Gasteiger partial charge is 0.270 e. The molecule has 1 aliphatic rings. The van der Waals surface area contributed by atoms with Crippen LogP contribution < -0.4 is 5.32 Å². The number of aromatic amines is 1. The Hall–Kier alpha value is -3.02. The summed E-state index contributed by atoms with van der Waals surface area (Å²) in [5, 5.41) is 3.98. The fraction of sp³-hybridized carbons (Fsp3) is 0.364. The molecule has 28 heavy (non-hydrogen) atoms. The van der Waals surface area contributed by atoms with Crippen LogP contribution in [0.25, 0.3) is 10.9 Å². The predicted octanol–water partition coefficient (Wildman–Crippen LogP) is 3.57. The third-order valence-corrected chi connectivity index (χ3v) is 5.72. The maximum Gasteiger partial charge on any atom is 0.270 e. The summed E-state index contributed by atoms with van der Waals surface area (Å²) in [4.78, 5) is 30.3. The van der Waals surface area contributed by atoms with Crippen LogP contribution in [0.1, 0.15) is 36.0 Å². The average molecular weight is 379 g/mol. The first-order chi connectivity index (χ1) is 13.6. The lowest BCUT2D eigenvalue weighted by Gasteiger charge is -2.34. The minimum atomic E-state index is -0.0831. The molecule has 2 amide bonds. The van der Waals surface area contributed by atoms with E-state index >= 15 is 0 Å². The van der Waals surface area contributed by atoms with Crippen molar-refractivity contribution < 1.29 is 14.0 Å². The summed E-state index contributed by atoms with van der Waals surface area (Å²) in [5.41, 5.74) is 1.60. The van der Waals surface area contributed by atoms with E-state index in [0.29, 0.717) is 25.3 Å². The van der Waals surface area contributed by atoms with Crippen molar-refractivity contribution >= 4 is 22.7 Å². The van der Waals surface area contributed by atoms with Crippen LogP contribution in [0.4, 0.5) is 0 Å². The molecule has 146 valence electrons. The minimum Gasteiger partial charge on any atom is -0.467 e. The van der Waals surface area contributed by atoms with Gasteiger partial charge in [0.2, 0.25) is 5.91 Å². The topological polar surface area (TPSA) is 78.3 Å². The molecule has 1 fully saturated rings. The van der Waals surface area contributed by atoms with Crippen molar-refractivity contribution in [2.75, 3.05) is 13.1 Å². The quantitative estimate of drug-likeness (QED) is 0.711. The predicted molar refractivity (Wildman–Crippen MR) is 107 cm³/mol. The van der Waals surface area contributed by atoms with E-state index in [1.165, 1.54) is 0 Å². The van der Waals surface area contributed by atoms with Crippen molar-refractivity contribution in [3.63, 3.8) is 0 Å². The Balaban J connectivity index is 1.30. The number of benzene rings is 1. The van der Waals surface area contributed by atoms with E-state index < -0.39 is 0 Å². The lowest BCUT2D eigenvalue weighted by molar-refractivity contribution is -0.126. The molecule has 6 nitrogen and oxygen atoms in total. The number of amides is 2. The molecule has 1 aliphatic heterocycles. The van der Waals surface area contributed by atoms with Crippen LogP contribution in [-0.4, -0.2) is 34.8 Å². The number of likely N-dealkylation sites (tertiary alicyclic amines) is 1. The Morgan fingerprint density at radius 1 is 1.21 bits per heavy atom. The number of para-hydroxylation sites is 1. The number of rotatable bonds is 5. The van der Waals surface area contributed by atoms with Gasteiger partial charge in [0, 0.05) is 29.9 Å². The summed E-state index contributed by atoms with van der Waals surface area (Å²) in [6.07, 6.45) is 3.27. The molecule has 1 atom stereocenters. The molecule has 1 unspecified atom stereocenters. The fourth-order valence-corrected chi connectivity index (χ4v) is 3.92. The van der Waals surface area contributed by atoms with Crippen LogP contribution in [0.5, 0.6) is 0 Å². The van der Waals surface area contributed by atoms with Crippen molar-refractivity contribution in [2.24, 2.45) is 11.8 Å². The second kappa shape index (κ2) is 7.92. The number of fused-ring (bicyclic) bond motifs is 1. The molecule has 0 radical (unpaired) electrons. The van der Waals surface area contributed by atoms with Gasteiger partial charge in [0.05, 0.1) is 12.8 Å². The normalized spacial score (nSPS) is 16.2. The second-order valence-corrected chi connectivity index (χ2v) is 7.49. The van der Waals surface area contributed by atoms with Gasteiger partial charge >= 0.3 is 0 Å². The lowest BCUT2D eigenvalue weighted by atomic mass is 9.84. The first-order valence-corrected chi connectivity index (χ1v) is 9.79. The molecule has 1 saturated heterocycles. The number of piperidine rings is 1. The summed E-state index contributed by atoms with van der Waals surface area (Å²) in [6, 6.07) is 13.5. The molecular weight excluding hydrogens is 354 g/mol. The largest absolute Gasteiger partial charge is 0.467 e. The van der Waals surface area contributed by atoms with Gasteiger partial charge in [-0.05, 0) is 43.0 Å². The van der Waals surface area contributed by atoms with Crippen LogP contribution in [0.3, 0.4) is 0 Å². The summed E-state index contributed by atoms with van der Waals surface area (Å²) in [7, 11) is 0. The summed E-state index contributed by atoms with van der Waals surface area (Å²) in [5.74, 6) is 1.02. The van der Waals surface area contributed by atoms with Crippen molar-refractivity contribution in [1.29, 1.82) is 0 Å². The molecule has 6 heteroatoms. The minimum absolute atomic E-state index is 0.0320. The number of furan rings is 1. The highest BCUT2D eigenvalue weighted by Gasteiger charge is 2.30. The molecule has 1 aromatic carbocycles. The van der Waals surface area contributed by atoms with Gasteiger partial charge in [-0.3, -0.25) is 9.59 Å². The van der Waals surface area contributed by atoms with Gasteiger partial charge in [0.25, 0.3) is 5.91 Å². The number of hydrogen-bond donors (Lipinski definition) is 2. The van der Waals surface area contributed by atoms with Gasteiger partial charge in [-0.2, -0.15) is 0 Å². The number of carbonyl (C=O) groups is 2. The molecule has 3 aromatic rings. The Morgan fingerprint density at radius 2 is 2.00 bits per heavy atom. The number of hydrogen-bond acceptors (Lipinski definition) is 3. The first kappa shape index (κ1) is 18.3. The van der Waals surface area contributed by atoms with Gasteiger partial charge in [-0.25, -0.2) is 0 Å². The van der Waals surface area contributed by atoms with E-state index in [-0.39, 0.29) is 23.7 Å². The number of nitrogens with zero attached hydrogens (tertiary/aromatic N) is 1. The molecule has 3 heterocycles. The zero-order chi connectivity index (χ0) is 19.5. The number of carbonyl (C=O) groups excluding carboxylic acids is 2. The van der Waals surface area contributed by atoms with Crippen molar-refractivity contribution in [3.8, 4) is 0 Å². The van der Waals surface area contributed by atoms with Crippen LogP contribution in [0.2, 0.25) is 0 Å².